The molecule has 0 spiro atoms. The Morgan fingerprint density at radius 1 is 1.07 bits per heavy atom. The summed E-state index contributed by atoms with van der Waals surface area (Å²) in [4.78, 5) is 21.5. The fourth-order valence-electron chi connectivity index (χ4n) is 3.27. The van der Waals surface area contributed by atoms with Crippen molar-refractivity contribution in [3.05, 3.63) is 64.8 Å². The van der Waals surface area contributed by atoms with Crippen LogP contribution in [-0.4, -0.2) is 52.2 Å². The van der Waals surface area contributed by atoms with Crippen LogP contribution in [0.15, 0.2) is 48.5 Å². The van der Waals surface area contributed by atoms with Crippen LogP contribution in [0.5, 0.6) is 0 Å². The van der Waals surface area contributed by atoms with Crippen molar-refractivity contribution in [2.24, 2.45) is 0 Å². The first kappa shape index (κ1) is 18.7. The zero-order valence-corrected chi connectivity index (χ0v) is 15.9. The second-order valence-corrected chi connectivity index (χ2v) is 7.14. The molecule has 1 aliphatic rings. The van der Waals surface area contributed by atoms with E-state index < -0.39 is 5.97 Å². The van der Waals surface area contributed by atoms with Crippen molar-refractivity contribution in [1.29, 1.82) is 0 Å². The highest BCUT2D eigenvalue weighted by atomic mass is 35.5. The molecular formula is C21H20ClN3O3. The number of benzene rings is 2. The first-order chi connectivity index (χ1) is 13.6. The molecule has 1 aromatic heterocycles. The number of carbonyl (C=O) groups is 1. The van der Waals surface area contributed by atoms with Crippen molar-refractivity contribution in [3.8, 4) is 22.6 Å². The van der Waals surface area contributed by atoms with Gasteiger partial charge in [-0.05, 0) is 17.7 Å². The van der Waals surface area contributed by atoms with Crippen LogP contribution in [0.1, 0.15) is 16.1 Å². The van der Waals surface area contributed by atoms with Crippen LogP contribution >= 0.6 is 11.6 Å². The Morgan fingerprint density at radius 3 is 2.36 bits per heavy atom. The Morgan fingerprint density at radius 2 is 1.71 bits per heavy atom. The zero-order chi connectivity index (χ0) is 19.5. The third-order valence-electron chi connectivity index (χ3n) is 4.77. The number of H-pyrrole nitrogens is 1. The maximum absolute atomic E-state index is 11.7. The number of aromatic amines is 1. The number of carboxylic acid groups (broad SMARTS) is 1. The predicted octanol–water partition coefficient (Wildman–Crippen LogP) is 3.93. The molecule has 2 aromatic carbocycles. The van der Waals surface area contributed by atoms with E-state index in [4.69, 9.17) is 16.3 Å². The molecule has 4 rings (SSSR count). The van der Waals surface area contributed by atoms with E-state index in [1.165, 1.54) is 5.56 Å². The highest BCUT2D eigenvalue weighted by Gasteiger charge is 2.19. The first-order valence-corrected chi connectivity index (χ1v) is 9.46. The molecule has 0 amide bonds. The van der Waals surface area contributed by atoms with E-state index in [0.717, 1.165) is 38.4 Å². The van der Waals surface area contributed by atoms with Gasteiger partial charge in [0.25, 0.3) is 0 Å². The Kier molecular flexibility index (Phi) is 5.43. The summed E-state index contributed by atoms with van der Waals surface area (Å²) in [6.07, 6.45) is 0. The minimum absolute atomic E-state index is 0.0646. The number of morpholine rings is 1. The maximum Gasteiger partial charge on any atom is 0.354 e. The molecule has 0 aliphatic carbocycles. The van der Waals surface area contributed by atoms with Crippen LogP contribution in [-0.2, 0) is 11.3 Å². The second-order valence-electron chi connectivity index (χ2n) is 6.71. The number of hydrogen-bond acceptors (Lipinski definition) is 4. The predicted molar refractivity (Wildman–Crippen MR) is 108 cm³/mol. The quantitative estimate of drug-likeness (QED) is 0.682. The summed E-state index contributed by atoms with van der Waals surface area (Å²) < 4.78 is 5.38. The standard InChI is InChI=1S/C21H20ClN3O3/c22-17-7-5-15(6-8-17)18-19(21(26)27)24-20(23-18)16-3-1-14(2-4-16)13-25-9-11-28-12-10-25/h1-8H,9-13H2,(H,23,24)(H,26,27). The van der Waals surface area contributed by atoms with Crippen molar-refractivity contribution in [2.45, 2.75) is 6.54 Å². The topological polar surface area (TPSA) is 78.5 Å². The third kappa shape index (κ3) is 4.09. The van der Waals surface area contributed by atoms with Crippen LogP contribution in [0.3, 0.4) is 0 Å². The van der Waals surface area contributed by atoms with E-state index in [0.29, 0.717) is 22.1 Å². The Labute approximate surface area is 167 Å². The lowest BCUT2D eigenvalue weighted by atomic mass is 10.1. The third-order valence-corrected chi connectivity index (χ3v) is 5.02. The molecule has 0 atom stereocenters. The SMILES string of the molecule is O=C(O)c1[nH]c(-c2ccc(CN3CCOCC3)cc2)nc1-c1ccc(Cl)cc1. The maximum atomic E-state index is 11.7. The summed E-state index contributed by atoms with van der Waals surface area (Å²) in [5, 5.41) is 10.1. The summed E-state index contributed by atoms with van der Waals surface area (Å²) in [5.74, 6) is -0.520. The van der Waals surface area contributed by atoms with E-state index in [9.17, 15) is 9.90 Å². The molecule has 2 N–H and O–H groups in total. The number of hydrogen-bond donors (Lipinski definition) is 2. The van der Waals surface area contributed by atoms with E-state index in [2.05, 4.69) is 27.0 Å². The normalized spacial score (nSPS) is 14.9. The Bertz CT molecular complexity index is 962. The fraction of sp³-hybridized carbons (Fsp3) is 0.238. The molecule has 1 saturated heterocycles. The lowest BCUT2D eigenvalue weighted by molar-refractivity contribution is 0.0342. The van der Waals surface area contributed by atoms with Gasteiger partial charge in [0, 0.05) is 35.8 Å². The van der Waals surface area contributed by atoms with Crippen molar-refractivity contribution in [2.75, 3.05) is 26.3 Å². The van der Waals surface area contributed by atoms with Crippen LogP contribution < -0.4 is 0 Å². The molecule has 0 radical (unpaired) electrons. The molecule has 0 bridgehead atoms. The molecular weight excluding hydrogens is 378 g/mol. The van der Waals surface area contributed by atoms with Crippen LogP contribution in [0.25, 0.3) is 22.6 Å². The minimum atomic E-state index is -1.05. The van der Waals surface area contributed by atoms with Gasteiger partial charge in [0.1, 0.15) is 11.5 Å². The van der Waals surface area contributed by atoms with Gasteiger partial charge in [-0.1, -0.05) is 48.0 Å². The molecule has 6 nitrogen and oxygen atoms in total. The van der Waals surface area contributed by atoms with Gasteiger partial charge in [0.2, 0.25) is 0 Å². The van der Waals surface area contributed by atoms with Gasteiger partial charge in [0.15, 0.2) is 5.69 Å². The number of carboxylic acids is 1. The molecule has 0 unspecified atom stereocenters. The number of halogens is 1. The number of ether oxygens (including phenoxy) is 1. The molecule has 7 heteroatoms. The smallest absolute Gasteiger partial charge is 0.354 e. The average molecular weight is 398 g/mol. The average Bonchev–Trinajstić information content (AvgIpc) is 3.16. The number of nitrogens with zero attached hydrogens (tertiary/aromatic N) is 2. The van der Waals surface area contributed by atoms with Gasteiger partial charge in [-0.2, -0.15) is 0 Å². The van der Waals surface area contributed by atoms with E-state index in [1.54, 1.807) is 24.3 Å². The lowest BCUT2D eigenvalue weighted by Crippen LogP contribution is -2.35. The minimum Gasteiger partial charge on any atom is -0.477 e. The van der Waals surface area contributed by atoms with E-state index in [1.807, 2.05) is 12.1 Å². The largest absolute Gasteiger partial charge is 0.477 e. The summed E-state index contributed by atoms with van der Waals surface area (Å²) >= 11 is 5.93. The van der Waals surface area contributed by atoms with Crippen molar-refractivity contribution < 1.29 is 14.6 Å². The number of nitrogens with one attached hydrogen (secondary N) is 1. The van der Waals surface area contributed by atoms with Crippen molar-refractivity contribution in [3.63, 3.8) is 0 Å². The highest BCUT2D eigenvalue weighted by Crippen LogP contribution is 2.27. The van der Waals surface area contributed by atoms with Gasteiger partial charge in [-0.25, -0.2) is 9.78 Å². The van der Waals surface area contributed by atoms with Gasteiger partial charge >= 0.3 is 5.97 Å². The monoisotopic (exact) mass is 397 g/mol. The summed E-state index contributed by atoms with van der Waals surface area (Å²) in [6, 6.07) is 15.0. The van der Waals surface area contributed by atoms with Crippen LogP contribution in [0, 0.1) is 0 Å². The molecule has 0 saturated carbocycles. The van der Waals surface area contributed by atoms with Gasteiger partial charge in [-0.3, -0.25) is 4.90 Å². The van der Waals surface area contributed by atoms with Crippen molar-refractivity contribution in [1.82, 2.24) is 14.9 Å². The zero-order valence-electron chi connectivity index (χ0n) is 15.2. The number of aromatic nitrogens is 2. The van der Waals surface area contributed by atoms with Crippen molar-refractivity contribution >= 4 is 17.6 Å². The summed E-state index contributed by atoms with van der Waals surface area (Å²) in [5.41, 5.74) is 3.21. The molecule has 3 aromatic rings. The van der Waals surface area contributed by atoms with Gasteiger partial charge in [0.05, 0.1) is 13.2 Å². The molecule has 1 fully saturated rings. The summed E-state index contributed by atoms with van der Waals surface area (Å²) in [6.45, 7) is 4.29. The lowest BCUT2D eigenvalue weighted by Gasteiger charge is -2.26. The molecule has 144 valence electrons. The number of aromatic carboxylic acids is 1. The Hall–Kier alpha value is -2.67. The first-order valence-electron chi connectivity index (χ1n) is 9.09. The van der Waals surface area contributed by atoms with Gasteiger partial charge < -0.3 is 14.8 Å². The van der Waals surface area contributed by atoms with Crippen LogP contribution in [0.2, 0.25) is 5.02 Å². The van der Waals surface area contributed by atoms with E-state index >= 15 is 0 Å². The molecule has 2 heterocycles. The Balaban J connectivity index is 1.59. The fourth-order valence-corrected chi connectivity index (χ4v) is 3.39. The van der Waals surface area contributed by atoms with Gasteiger partial charge in [-0.15, -0.1) is 0 Å². The second kappa shape index (κ2) is 8.14. The summed E-state index contributed by atoms with van der Waals surface area (Å²) in [7, 11) is 0. The van der Waals surface area contributed by atoms with Crippen LogP contribution in [0.4, 0.5) is 0 Å². The molecule has 28 heavy (non-hydrogen) atoms. The number of imidazole rings is 1. The van der Waals surface area contributed by atoms with E-state index in [-0.39, 0.29) is 5.69 Å². The molecule has 1 aliphatic heterocycles. The number of rotatable bonds is 5. The highest BCUT2D eigenvalue weighted by molar-refractivity contribution is 6.30.